The van der Waals surface area contributed by atoms with Gasteiger partial charge in [-0.2, -0.15) is 5.06 Å². The van der Waals surface area contributed by atoms with E-state index in [1.54, 1.807) is 6.07 Å². The van der Waals surface area contributed by atoms with Crippen molar-refractivity contribution < 1.29 is 9.60 Å². The number of aromatic nitrogens is 3. The van der Waals surface area contributed by atoms with Crippen LogP contribution in [0.25, 0.3) is 28.4 Å². The summed E-state index contributed by atoms with van der Waals surface area (Å²) in [6, 6.07) is 4.46. The van der Waals surface area contributed by atoms with Crippen LogP contribution >= 0.6 is 0 Å². The molecule has 0 bridgehead atoms. The van der Waals surface area contributed by atoms with Gasteiger partial charge >= 0.3 is 0 Å². The standard InChI is InChI=1S/C20H21FN6O2/c21-12-2-1-3-14-16(12)18(22)17(20(28)25-14)19-23-13-5-4-11(10-15(13)24-19)26-6-8-27(29)9-7-26/h1-3,10,29H,4-9H2,(H,23,24)(H3,22,25,28). The van der Waals surface area contributed by atoms with Crippen LogP contribution in [0.4, 0.5) is 10.1 Å². The first kappa shape index (κ1) is 17.9. The van der Waals surface area contributed by atoms with Crippen LogP contribution in [0.15, 0.2) is 28.7 Å². The summed E-state index contributed by atoms with van der Waals surface area (Å²) in [6.07, 6.45) is 3.61. The highest BCUT2D eigenvalue weighted by atomic mass is 19.1. The monoisotopic (exact) mass is 396 g/mol. The quantitative estimate of drug-likeness (QED) is 0.526. The van der Waals surface area contributed by atoms with Gasteiger partial charge in [-0.15, -0.1) is 0 Å². The van der Waals surface area contributed by atoms with Crippen molar-refractivity contribution in [3.05, 3.63) is 51.5 Å². The highest BCUT2D eigenvalue weighted by molar-refractivity contribution is 5.97. The van der Waals surface area contributed by atoms with Gasteiger partial charge in [-0.05, 0) is 31.1 Å². The second-order valence-corrected chi connectivity index (χ2v) is 7.43. The first-order chi connectivity index (χ1) is 14.0. The van der Waals surface area contributed by atoms with Crippen LogP contribution in [-0.4, -0.2) is 56.3 Å². The van der Waals surface area contributed by atoms with Crippen molar-refractivity contribution in [2.45, 2.75) is 12.8 Å². The lowest BCUT2D eigenvalue weighted by Gasteiger charge is -2.35. The normalized spacial score (nSPS) is 17.4. The number of halogens is 1. The number of aryl methyl sites for hydroxylation is 1. The Hall–Kier alpha value is -3.17. The smallest absolute Gasteiger partial charge is 0.261 e. The lowest BCUT2D eigenvalue weighted by atomic mass is 10.0. The molecule has 1 aliphatic heterocycles. The molecule has 3 heterocycles. The number of hydrogen-bond donors (Lipinski definition) is 4. The van der Waals surface area contributed by atoms with Gasteiger partial charge in [0.25, 0.3) is 5.56 Å². The van der Waals surface area contributed by atoms with E-state index in [9.17, 15) is 14.4 Å². The van der Waals surface area contributed by atoms with E-state index >= 15 is 0 Å². The number of hydrogen-bond acceptors (Lipinski definition) is 6. The number of nitrogens with one attached hydrogen (secondary N) is 2. The van der Waals surface area contributed by atoms with Gasteiger partial charge in [-0.3, -0.25) is 4.79 Å². The summed E-state index contributed by atoms with van der Waals surface area (Å²) in [5.41, 5.74) is 9.23. The second kappa shape index (κ2) is 6.71. The number of benzene rings is 1. The average molecular weight is 396 g/mol. The molecule has 2 aromatic heterocycles. The lowest BCUT2D eigenvalue weighted by molar-refractivity contribution is -0.113. The Morgan fingerprint density at radius 2 is 1.93 bits per heavy atom. The first-order valence-corrected chi connectivity index (χ1v) is 9.60. The zero-order valence-corrected chi connectivity index (χ0v) is 15.7. The Labute approximate surface area is 165 Å². The molecule has 1 saturated heterocycles. The highest BCUT2D eigenvalue weighted by Gasteiger charge is 2.24. The molecule has 0 spiro atoms. The molecule has 2 aliphatic rings. The Morgan fingerprint density at radius 3 is 2.72 bits per heavy atom. The first-order valence-electron chi connectivity index (χ1n) is 9.60. The number of allylic oxidation sites excluding steroid dienone is 1. The van der Waals surface area contributed by atoms with E-state index in [-0.39, 0.29) is 16.6 Å². The summed E-state index contributed by atoms with van der Waals surface area (Å²) in [7, 11) is 0. The molecular formula is C20H21FN6O2. The Bertz CT molecular complexity index is 1190. The molecule has 8 nitrogen and oxygen atoms in total. The summed E-state index contributed by atoms with van der Waals surface area (Å²) >= 11 is 0. The van der Waals surface area contributed by atoms with Gasteiger partial charge < -0.3 is 25.8 Å². The van der Waals surface area contributed by atoms with Gasteiger partial charge in [0, 0.05) is 37.6 Å². The molecule has 0 saturated carbocycles. The average Bonchev–Trinajstić information content (AvgIpc) is 3.11. The number of hydroxylamine groups is 2. The number of fused-ring (bicyclic) bond motifs is 2. The van der Waals surface area contributed by atoms with Crippen molar-refractivity contribution in [3.8, 4) is 11.4 Å². The molecule has 0 atom stereocenters. The van der Waals surface area contributed by atoms with Crippen molar-refractivity contribution in [2.75, 3.05) is 31.9 Å². The Kier molecular flexibility index (Phi) is 4.14. The molecule has 0 amide bonds. The third-order valence-corrected chi connectivity index (χ3v) is 5.67. The summed E-state index contributed by atoms with van der Waals surface area (Å²) in [6.45, 7) is 2.71. The molecule has 5 rings (SSSR count). The van der Waals surface area contributed by atoms with Crippen LogP contribution in [0.5, 0.6) is 0 Å². The van der Waals surface area contributed by atoms with Gasteiger partial charge in [-0.25, -0.2) is 9.37 Å². The minimum Gasteiger partial charge on any atom is -0.397 e. The summed E-state index contributed by atoms with van der Waals surface area (Å²) < 4.78 is 14.3. The van der Waals surface area contributed by atoms with Crippen LogP contribution in [0.3, 0.4) is 0 Å². The zero-order valence-electron chi connectivity index (χ0n) is 15.7. The molecule has 0 radical (unpaired) electrons. The molecule has 3 aromatic rings. The lowest BCUT2D eigenvalue weighted by Crippen LogP contribution is -2.44. The van der Waals surface area contributed by atoms with E-state index < -0.39 is 11.4 Å². The molecule has 5 N–H and O–H groups in total. The fourth-order valence-electron chi connectivity index (χ4n) is 4.14. The number of pyridine rings is 1. The van der Waals surface area contributed by atoms with Gasteiger partial charge in [-0.1, -0.05) is 6.07 Å². The zero-order chi connectivity index (χ0) is 20.1. The van der Waals surface area contributed by atoms with Gasteiger partial charge in [0.05, 0.1) is 22.3 Å². The molecule has 150 valence electrons. The van der Waals surface area contributed by atoms with E-state index in [1.807, 2.05) is 6.08 Å². The number of nitrogen functional groups attached to an aromatic ring is 1. The van der Waals surface area contributed by atoms with Gasteiger partial charge in [0.2, 0.25) is 0 Å². The van der Waals surface area contributed by atoms with Gasteiger partial charge in [0.15, 0.2) is 0 Å². The third kappa shape index (κ3) is 2.99. The maximum Gasteiger partial charge on any atom is 0.261 e. The van der Waals surface area contributed by atoms with Crippen molar-refractivity contribution in [1.29, 1.82) is 0 Å². The van der Waals surface area contributed by atoms with Crippen molar-refractivity contribution in [3.63, 3.8) is 0 Å². The van der Waals surface area contributed by atoms with Crippen LogP contribution in [0, 0.1) is 5.82 Å². The number of aromatic amines is 2. The fraction of sp³-hybridized carbons (Fsp3) is 0.300. The molecule has 1 aromatic carbocycles. The maximum atomic E-state index is 14.3. The number of piperazine rings is 1. The Balaban J connectivity index is 1.56. The van der Waals surface area contributed by atoms with E-state index in [2.05, 4.69) is 19.9 Å². The summed E-state index contributed by atoms with van der Waals surface area (Å²) in [4.78, 5) is 25.4. The van der Waals surface area contributed by atoms with Gasteiger partial charge in [0.1, 0.15) is 17.2 Å². The SMILES string of the molecule is Nc1c(-c2nc3c([nH]2)CCC(N2CCN(O)CC2)=C3)c(=O)[nH]c2cccc(F)c12. The van der Waals surface area contributed by atoms with Crippen LogP contribution < -0.4 is 11.3 Å². The van der Waals surface area contributed by atoms with Crippen LogP contribution in [-0.2, 0) is 6.42 Å². The van der Waals surface area contributed by atoms with E-state index in [1.165, 1.54) is 17.2 Å². The molecule has 1 fully saturated rings. The molecule has 29 heavy (non-hydrogen) atoms. The fourth-order valence-corrected chi connectivity index (χ4v) is 4.14. The van der Waals surface area contributed by atoms with Crippen LogP contribution in [0.1, 0.15) is 17.8 Å². The number of H-pyrrole nitrogens is 2. The van der Waals surface area contributed by atoms with E-state index in [0.717, 1.165) is 43.0 Å². The predicted molar refractivity (Wildman–Crippen MR) is 108 cm³/mol. The van der Waals surface area contributed by atoms with E-state index in [4.69, 9.17) is 5.73 Å². The Morgan fingerprint density at radius 1 is 1.14 bits per heavy atom. The second-order valence-electron chi connectivity index (χ2n) is 7.43. The minimum absolute atomic E-state index is 0.0798. The largest absolute Gasteiger partial charge is 0.397 e. The number of imidazole rings is 1. The maximum absolute atomic E-state index is 14.3. The van der Waals surface area contributed by atoms with Crippen molar-refractivity contribution in [2.24, 2.45) is 0 Å². The summed E-state index contributed by atoms with van der Waals surface area (Å²) in [5, 5.41) is 11.1. The van der Waals surface area contributed by atoms with E-state index in [0.29, 0.717) is 24.4 Å². The summed E-state index contributed by atoms with van der Waals surface area (Å²) in [5.74, 6) is -0.143. The highest BCUT2D eigenvalue weighted by Crippen LogP contribution is 2.32. The number of anilines is 1. The van der Waals surface area contributed by atoms with Crippen molar-refractivity contribution in [1.82, 2.24) is 24.9 Å². The molecular weight excluding hydrogens is 375 g/mol. The topological polar surface area (TPSA) is 114 Å². The molecule has 9 heteroatoms. The van der Waals surface area contributed by atoms with Crippen LogP contribution in [0.2, 0.25) is 0 Å². The third-order valence-electron chi connectivity index (χ3n) is 5.67. The number of nitrogens with two attached hydrogens (primary N) is 1. The number of rotatable bonds is 2. The minimum atomic E-state index is -0.487. The number of nitrogens with zero attached hydrogens (tertiary/aromatic N) is 3. The molecule has 0 unspecified atom stereocenters. The predicted octanol–water partition coefficient (Wildman–Crippen LogP) is 1.93. The van der Waals surface area contributed by atoms with Crippen molar-refractivity contribution >= 4 is 22.7 Å². The molecule has 1 aliphatic carbocycles.